The molecule has 3 rings (SSSR count). The van der Waals surface area contributed by atoms with Crippen LogP contribution in [0.1, 0.15) is 23.2 Å². The van der Waals surface area contributed by atoms with Crippen LogP contribution < -0.4 is 5.32 Å². The number of halogens is 1. The number of pyridine rings is 1. The molecule has 7 nitrogen and oxygen atoms in total. The number of hydrogen-bond donors (Lipinski definition) is 2. The molecule has 2 atom stereocenters. The number of nitrogens with one attached hydrogen (secondary N) is 1. The summed E-state index contributed by atoms with van der Waals surface area (Å²) in [6, 6.07) is 12.0. The molecule has 1 aliphatic rings. The summed E-state index contributed by atoms with van der Waals surface area (Å²) in [4.78, 5) is 17.0. The molecule has 1 aliphatic carbocycles. The molecular weight excluding hydrogens is 436 g/mol. The van der Waals surface area contributed by atoms with Gasteiger partial charge in [0.25, 0.3) is 0 Å². The zero-order chi connectivity index (χ0) is 22.4. The maximum absolute atomic E-state index is 12.8. The van der Waals surface area contributed by atoms with Gasteiger partial charge in [0.15, 0.2) is 0 Å². The van der Waals surface area contributed by atoms with E-state index in [1.54, 1.807) is 47.1 Å². The van der Waals surface area contributed by atoms with Gasteiger partial charge in [-0.15, -0.1) is 0 Å². The average Bonchev–Trinajstić information content (AvgIpc) is 2.76. The third-order valence-corrected chi connectivity index (χ3v) is 5.95. The third-order valence-electron chi connectivity index (χ3n) is 4.73. The highest BCUT2D eigenvalue weighted by atomic mass is 35.5. The lowest BCUT2D eigenvalue weighted by Gasteiger charge is -2.27. The summed E-state index contributed by atoms with van der Waals surface area (Å²) in [7, 11) is -1.35. The first-order chi connectivity index (χ1) is 14.9. The van der Waals surface area contributed by atoms with Crippen molar-refractivity contribution in [1.82, 2.24) is 14.6 Å². The Morgan fingerprint density at radius 2 is 2.23 bits per heavy atom. The van der Waals surface area contributed by atoms with Gasteiger partial charge >= 0.3 is 0 Å². The molecule has 0 saturated carbocycles. The van der Waals surface area contributed by atoms with Crippen LogP contribution in [0.5, 0.6) is 5.75 Å². The van der Waals surface area contributed by atoms with Crippen molar-refractivity contribution < 1.29 is 14.1 Å². The highest BCUT2D eigenvalue weighted by Gasteiger charge is 2.25. The van der Waals surface area contributed by atoms with Gasteiger partial charge in [0.05, 0.1) is 29.8 Å². The van der Waals surface area contributed by atoms with E-state index in [1.165, 1.54) is 6.07 Å². The van der Waals surface area contributed by atoms with Crippen molar-refractivity contribution in [3.8, 4) is 11.8 Å². The number of phenolic OH excluding ortho intramolecular Hbond substituents is 1. The predicted molar refractivity (Wildman–Crippen MR) is 119 cm³/mol. The smallest absolute Gasteiger partial charge is 0.227 e. The molecule has 0 bridgehead atoms. The van der Waals surface area contributed by atoms with E-state index in [0.717, 1.165) is 5.69 Å². The van der Waals surface area contributed by atoms with Crippen molar-refractivity contribution >= 4 is 28.5 Å². The van der Waals surface area contributed by atoms with E-state index >= 15 is 0 Å². The minimum absolute atomic E-state index is 0.0555. The Morgan fingerprint density at radius 3 is 2.87 bits per heavy atom. The molecule has 0 radical (unpaired) electrons. The van der Waals surface area contributed by atoms with Crippen LogP contribution in [-0.2, 0) is 28.9 Å². The van der Waals surface area contributed by atoms with Gasteiger partial charge in [0.2, 0.25) is 5.91 Å². The number of carbonyl (C=O) groups excluding carboxylic acids is 1. The normalized spacial score (nSPS) is 16.5. The number of nitriles is 1. The minimum atomic E-state index is -1.35. The number of rotatable bonds is 7. The second kappa shape index (κ2) is 10.2. The maximum Gasteiger partial charge on any atom is 0.227 e. The molecule has 31 heavy (non-hydrogen) atoms. The average molecular weight is 457 g/mol. The molecule has 2 unspecified atom stereocenters. The van der Waals surface area contributed by atoms with E-state index in [2.05, 4.69) is 10.3 Å². The fraction of sp³-hybridized carbons (Fsp3) is 0.227. The molecule has 1 aromatic heterocycles. The van der Waals surface area contributed by atoms with Gasteiger partial charge in [-0.3, -0.25) is 14.1 Å². The van der Waals surface area contributed by atoms with E-state index in [9.17, 15) is 14.1 Å². The maximum atomic E-state index is 12.8. The number of allylic oxidation sites excluding steroid dienone is 2. The molecule has 2 N–H and O–H groups in total. The number of benzene rings is 1. The van der Waals surface area contributed by atoms with Gasteiger partial charge in [-0.25, -0.2) is 4.21 Å². The third kappa shape index (κ3) is 5.94. The second-order valence-electron chi connectivity index (χ2n) is 6.95. The Hall–Kier alpha value is -3.15. The number of carbonyl (C=O) groups is 1. The SMILES string of the molecule is CS(=O)N(Cc1ccccn1)C1=CC(C(=O)NCc2ccc(C#N)cc2O)CC(Cl)=C1. The van der Waals surface area contributed by atoms with Gasteiger partial charge in [-0.2, -0.15) is 5.26 Å². The lowest BCUT2D eigenvalue weighted by atomic mass is 9.97. The molecule has 1 amide bonds. The molecule has 1 heterocycles. The van der Waals surface area contributed by atoms with Crippen LogP contribution in [-0.4, -0.2) is 30.8 Å². The van der Waals surface area contributed by atoms with Crippen molar-refractivity contribution in [3.05, 3.63) is 82.3 Å². The quantitative estimate of drug-likeness (QED) is 0.665. The predicted octanol–water partition coefficient (Wildman–Crippen LogP) is 3.10. The van der Waals surface area contributed by atoms with Gasteiger partial charge < -0.3 is 10.4 Å². The first-order valence-electron chi connectivity index (χ1n) is 9.46. The Morgan fingerprint density at radius 1 is 1.42 bits per heavy atom. The van der Waals surface area contributed by atoms with Crippen LogP contribution in [0.15, 0.2) is 65.5 Å². The Labute approximate surface area is 188 Å². The molecule has 1 aromatic carbocycles. The van der Waals surface area contributed by atoms with Crippen molar-refractivity contribution in [2.24, 2.45) is 5.92 Å². The summed E-state index contributed by atoms with van der Waals surface area (Å²) >= 11 is 6.31. The monoisotopic (exact) mass is 456 g/mol. The molecule has 2 aromatic rings. The zero-order valence-corrected chi connectivity index (χ0v) is 18.4. The van der Waals surface area contributed by atoms with E-state index < -0.39 is 16.9 Å². The zero-order valence-electron chi connectivity index (χ0n) is 16.8. The van der Waals surface area contributed by atoms with E-state index in [4.69, 9.17) is 16.9 Å². The Balaban J connectivity index is 1.74. The van der Waals surface area contributed by atoms with Crippen molar-refractivity contribution in [3.63, 3.8) is 0 Å². The molecule has 0 aliphatic heterocycles. The summed E-state index contributed by atoms with van der Waals surface area (Å²) in [5.74, 6) is -0.880. The van der Waals surface area contributed by atoms with Crippen LogP contribution in [0.3, 0.4) is 0 Å². The van der Waals surface area contributed by atoms with Gasteiger partial charge in [-0.1, -0.05) is 23.7 Å². The number of nitrogens with zero attached hydrogens (tertiary/aromatic N) is 3. The fourth-order valence-electron chi connectivity index (χ4n) is 3.13. The standard InChI is InChI=1S/C22H21ClN4O3S/c1-31(30)27(14-19-4-2-3-7-25-19)20-10-17(9-18(23)11-20)22(29)26-13-16-6-5-15(12-24)8-21(16)28/h2-8,10-11,17,28H,9,13-14H2,1H3,(H,26,29). The van der Waals surface area contributed by atoms with Crippen LogP contribution in [0.25, 0.3) is 0 Å². The van der Waals surface area contributed by atoms with Gasteiger partial charge in [0.1, 0.15) is 16.7 Å². The van der Waals surface area contributed by atoms with Crippen LogP contribution in [0.4, 0.5) is 0 Å². The number of amides is 1. The van der Waals surface area contributed by atoms with Crippen molar-refractivity contribution in [1.29, 1.82) is 5.26 Å². The summed E-state index contributed by atoms with van der Waals surface area (Å²) < 4.78 is 14.0. The van der Waals surface area contributed by atoms with Crippen molar-refractivity contribution in [2.45, 2.75) is 19.5 Å². The lowest BCUT2D eigenvalue weighted by Crippen LogP contribution is -2.32. The Bertz CT molecular complexity index is 1100. The van der Waals surface area contributed by atoms with Crippen LogP contribution in [0.2, 0.25) is 0 Å². The molecule has 0 saturated heterocycles. The minimum Gasteiger partial charge on any atom is -0.508 e. The molecule has 0 fully saturated rings. The second-order valence-corrected chi connectivity index (χ2v) is 8.72. The van der Waals surface area contributed by atoms with Crippen molar-refractivity contribution in [2.75, 3.05) is 6.26 Å². The fourth-order valence-corrected chi connectivity index (χ4v) is 4.13. The number of hydrogen-bond acceptors (Lipinski definition) is 5. The summed E-state index contributed by atoms with van der Waals surface area (Å²) in [5.41, 5.74) is 2.17. The first kappa shape index (κ1) is 22.5. The number of aromatic hydroxyl groups is 1. The number of aromatic nitrogens is 1. The number of phenols is 1. The highest BCUT2D eigenvalue weighted by Crippen LogP contribution is 2.29. The van der Waals surface area contributed by atoms with E-state index in [1.807, 2.05) is 18.2 Å². The summed E-state index contributed by atoms with van der Waals surface area (Å²) in [6.07, 6.45) is 7.00. The van der Waals surface area contributed by atoms with Crippen LogP contribution >= 0.6 is 11.6 Å². The van der Waals surface area contributed by atoms with E-state index in [-0.39, 0.29) is 18.2 Å². The lowest BCUT2D eigenvalue weighted by molar-refractivity contribution is -0.123. The molecular formula is C22H21ClN4O3S. The summed E-state index contributed by atoms with van der Waals surface area (Å²) in [5, 5.41) is 22.2. The molecule has 160 valence electrons. The van der Waals surface area contributed by atoms with E-state index in [0.29, 0.717) is 34.8 Å². The van der Waals surface area contributed by atoms with Gasteiger partial charge in [-0.05, 0) is 42.8 Å². The largest absolute Gasteiger partial charge is 0.508 e. The van der Waals surface area contributed by atoms with Gasteiger partial charge in [0, 0.05) is 35.3 Å². The highest BCUT2D eigenvalue weighted by molar-refractivity contribution is 7.82. The first-order valence-corrected chi connectivity index (χ1v) is 11.3. The Kier molecular flexibility index (Phi) is 7.45. The molecule has 0 spiro atoms. The van der Waals surface area contributed by atoms with Crippen LogP contribution in [0, 0.1) is 17.2 Å². The summed E-state index contributed by atoms with van der Waals surface area (Å²) in [6.45, 7) is 0.415. The topological polar surface area (TPSA) is 106 Å². The molecule has 9 heteroatoms.